The minimum atomic E-state index is 0.637. The van der Waals surface area contributed by atoms with E-state index in [1.54, 1.807) is 0 Å². The number of hydrogen-bond donors (Lipinski definition) is 1. The van der Waals surface area contributed by atoms with Crippen molar-refractivity contribution in [2.24, 2.45) is 5.73 Å². The van der Waals surface area contributed by atoms with Crippen LogP contribution in [0.5, 0.6) is 11.6 Å². The van der Waals surface area contributed by atoms with Gasteiger partial charge in [-0.25, -0.2) is 4.98 Å². The van der Waals surface area contributed by atoms with Crippen LogP contribution in [0.3, 0.4) is 0 Å². The Bertz CT molecular complexity index is 543. The van der Waals surface area contributed by atoms with Gasteiger partial charge in [-0.2, -0.15) is 0 Å². The highest BCUT2D eigenvalue weighted by Gasteiger charge is 2.04. The summed E-state index contributed by atoms with van der Waals surface area (Å²) in [5.74, 6) is 1.46. The molecule has 0 bridgehead atoms. The first-order chi connectivity index (χ1) is 8.69. The maximum absolute atomic E-state index is 5.78. The van der Waals surface area contributed by atoms with Gasteiger partial charge in [-0.15, -0.1) is 0 Å². The monoisotopic (exact) mass is 354 g/mol. The number of pyridine rings is 1. The minimum Gasteiger partial charge on any atom is -0.439 e. The zero-order valence-electron chi connectivity index (χ0n) is 10.2. The fraction of sp³-hybridized carbons (Fsp3) is 0.214. The van der Waals surface area contributed by atoms with Crippen molar-refractivity contribution in [3.05, 3.63) is 51.2 Å². The second-order valence-electron chi connectivity index (χ2n) is 4.06. The molecule has 4 heteroatoms. The third-order valence-corrected chi connectivity index (χ3v) is 3.20. The second kappa shape index (κ2) is 6.15. The number of benzene rings is 1. The number of nitrogens with two attached hydrogens (primary N) is 1. The Morgan fingerprint density at radius 3 is 2.83 bits per heavy atom. The third-order valence-electron chi connectivity index (χ3n) is 2.53. The Morgan fingerprint density at radius 1 is 1.33 bits per heavy atom. The minimum absolute atomic E-state index is 0.637. The molecule has 0 aliphatic rings. The van der Waals surface area contributed by atoms with Crippen molar-refractivity contribution in [1.82, 2.24) is 4.98 Å². The van der Waals surface area contributed by atoms with E-state index < -0.39 is 0 Å². The summed E-state index contributed by atoms with van der Waals surface area (Å²) < 4.78 is 6.92. The number of ether oxygens (including phenoxy) is 1. The number of aromatic nitrogens is 1. The summed E-state index contributed by atoms with van der Waals surface area (Å²) in [7, 11) is 0. The lowest BCUT2D eigenvalue weighted by Gasteiger charge is -2.09. The summed E-state index contributed by atoms with van der Waals surface area (Å²) in [6, 6.07) is 9.98. The summed E-state index contributed by atoms with van der Waals surface area (Å²) in [5, 5.41) is 0. The van der Waals surface area contributed by atoms with Crippen molar-refractivity contribution in [2.75, 3.05) is 6.54 Å². The van der Waals surface area contributed by atoms with E-state index in [4.69, 9.17) is 10.5 Å². The Morgan fingerprint density at radius 2 is 2.17 bits per heavy atom. The molecule has 0 spiro atoms. The van der Waals surface area contributed by atoms with Crippen LogP contribution in [0.2, 0.25) is 0 Å². The summed E-state index contributed by atoms with van der Waals surface area (Å²) >= 11 is 2.26. The molecule has 0 aliphatic heterocycles. The van der Waals surface area contributed by atoms with Gasteiger partial charge in [0.2, 0.25) is 5.88 Å². The number of nitrogens with zero attached hydrogens (tertiary/aromatic N) is 1. The van der Waals surface area contributed by atoms with Crippen LogP contribution in [-0.4, -0.2) is 11.5 Å². The van der Waals surface area contributed by atoms with Crippen LogP contribution in [0.25, 0.3) is 0 Å². The summed E-state index contributed by atoms with van der Waals surface area (Å²) in [5.41, 5.74) is 7.70. The average molecular weight is 354 g/mol. The van der Waals surface area contributed by atoms with Gasteiger partial charge in [0.05, 0.1) is 0 Å². The lowest BCUT2D eigenvalue weighted by Crippen LogP contribution is -2.03. The van der Waals surface area contributed by atoms with E-state index in [0.29, 0.717) is 12.4 Å². The second-order valence-corrected chi connectivity index (χ2v) is 5.31. The first-order valence-electron chi connectivity index (χ1n) is 5.78. The van der Waals surface area contributed by atoms with Crippen molar-refractivity contribution in [2.45, 2.75) is 13.3 Å². The molecule has 1 aromatic heterocycles. The predicted octanol–water partition coefficient (Wildman–Crippen LogP) is 3.29. The number of halogens is 1. The van der Waals surface area contributed by atoms with Gasteiger partial charge in [-0.05, 0) is 72.3 Å². The Hall–Kier alpha value is -1.14. The summed E-state index contributed by atoms with van der Waals surface area (Å²) in [4.78, 5) is 4.34. The predicted molar refractivity (Wildman–Crippen MR) is 81.0 cm³/mol. The summed E-state index contributed by atoms with van der Waals surface area (Å²) in [6.07, 6.45) is 2.67. The van der Waals surface area contributed by atoms with Crippen molar-refractivity contribution in [1.29, 1.82) is 0 Å². The molecule has 0 atom stereocenters. The maximum Gasteiger partial charge on any atom is 0.222 e. The molecule has 3 nitrogen and oxygen atoms in total. The maximum atomic E-state index is 5.78. The van der Waals surface area contributed by atoms with E-state index in [1.807, 2.05) is 37.4 Å². The van der Waals surface area contributed by atoms with Crippen LogP contribution in [0, 0.1) is 10.5 Å². The highest BCUT2D eigenvalue weighted by molar-refractivity contribution is 14.1. The van der Waals surface area contributed by atoms with Gasteiger partial charge >= 0.3 is 0 Å². The molecule has 0 saturated heterocycles. The largest absolute Gasteiger partial charge is 0.439 e. The van der Waals surface area contributed by atoms with Crippen LogP contribution in [-0.2, 0) is 6.42 Å². The van der Waals surface area contributed by atoms with Crippen LogP contribution in [0.1, 0.15) is 11.1 Å². The molecule has 0 aliphatic carbocycles. The van der Waals surface area contributed by atoms with E-state index in [2.05, 4.69) is 33.6 Å². The Labute approximate surface area is 121 Å². The molecule has 94 valence electrons. The van der Waals surface area contributed by atoms with Crippen LogP contribution in [0.15, 0.2) is 36.5 Å². The van der Waals surface area contributed by atoms with Gasteiger partial charge < -0.3 is 10.5 Å². The molecule has 0 unspecified atom stereocenters. The molecule has 1 heterocycles. The third kappa shape index (κ3) is 3.43. The van der Waals surface area contributed by atoms with Crippen LogP contribution >= 0.6 is 22.6 Å². The van der Waals surface area contributed by atoms with Crippen molar-refractivity contribution in [3.63, 3.8) is 0 Å². The fourth-order valence-electron chi connectivity index (χ4n) is 1.67. The smallest absolute Gasteiger partial charge is 0.222 e. The van der Waals surface area contributed by atoms with Gasteiger partial charge in [0.15, 0.2) is 0 Å². The standard InChI is InChI=1S/C14H15IN2O/c1-10-7-11(5-6-16)9-17-14(10)18-13-4-2-3-12(15)8-13/h2-4,7-9H,5-6,16H2,1H3. The first-order valence-corrected chi connectivity index (χ1v) is 6.86. The van der Waals surface area contributed by atoms with E-state index in [0.717, 1.165) is 26.9 Å². The van der Waals surface area contributed by atoms with E-state index in [1.165, 1.54) is 0 Å². The zero-order valence-corrected chi connectivity index (χ0v) is 12.3. The Kier molecular flexibility index (Phi) is 4.54. The fourth-order valence-corrected chi connectivity index (χ4v) is 2.19. The molecule has 0 radical (unpaired) electrons. The molecule has 0 amide bonds. The van der Waals surface area contributed by atoms with Crippen molar-refractivity contribution >= 4 is 22.6 Å². The quantitative estimate of drug-likeness (QED) is 0.858. The lowest BCUT2D eigenvalue weighted by atomic mass is 10.1. The molecule has 0 fully saturated rings. The van der Waals surface area contributed by atoms with E-state index in [9.17, 15) is 0 Å². The molecule has 1 aromatic carbocycles. The number of hydrogen-bond acceptors (Lipinski definition) is 3. The average Bonchev–Trinajstić information content (AvgIpc) is 2.33. The zero-order chi connectivity index (χ0) is 13.0. The molecular weight excluding hydrogens is 339 g/mol. The van der Waals surface area contributed by atoms with Gasteiger partial charge in [-0.3, -0.25) is 0 Å². The molecule has 18 heavy (non-hydrogen) atoms. The normalized spacial score (nSPS) is 10.4. The lowest BCUT2D eigenvalue weighted by molar-refractivity contribution is 0.458. The van der Waals surface area contributed by atoms with Crippen molar-refractivity contribution in [3.8, 4) is 11.6 Å². The molecule has 0 saturated carbocycles. The first kappa shape index (κ1) is 13.3. The van der Waals surface area contributed by atoms with Gasteiger partial charge in [0.1, 0.15) is 5.75 Å². The molecular formula is C14H15IN2O. The van der Waals surface area contributed by atoms with Gasteiger partial charge in [0.25, 0.3) is 0 Å². The highest BCUT2D eigenvalue weighted by Crippen LogP contribution is 2.24. The topological polar surface area (TPSA) is 48.1 Å². The van der Waals surface area contributed by atoms with Gasteiger partial charge in [0, 0.05) is 15.3 Å². The van der Waals surface area contributed by atoms with Crippen molar-refractivity contribution < 1.29 is 4.74 Å². The molecule has 2 N–H and O–H groups in total. The number of aryl methyl sites for hydroxylation is 1. The van der Waals surface area contributed by atoms with Crippen LogP contribution < -0.4 is 10.5 Å². The molecule has 2 rings (SSSR count). The van der Waals surface area contributed by atoms with Crippen LogP contribution in [0.4, 0.5) is 0 Å². The Balaban J connectivity index is 2.19. The van der Waals surface area contributed by atoms with Gasteiger partial charge in [-0.1, -0.05) is 6.07 Å². The molecule has 2 aromatic rings. The number of rotatable bonds is 4. The summed E-state index contributed by atoms with van der Waals surface area (Å²) in [6.45, 7) is 2.63. The van der Waals surface area contributed by atoms with E-state index >= 15 is 0 Å². The SMILES string of the molecule is Cc1cc(CCN)cnc1Oc1cccc(I)c1. The van der Waals surface area contributed by atoms with E-state index in [-0.39, 0.29) is 0 Å². The highest BCUT2D eigenvalue weighted by atomic mass is 127.